The summed E-state index contributed by atoms with van der Waals surface area (Å²) in [4.78, 5) is 12.3. The number of carbonyl (C=O) groups excluding carboxylic acids is 1. The molecule has 0 unspecified atom stereocenters. The van der Waals surface area contributed by atoms with Gasteiger partial charge in [-0.1, -0.05) is 6.08 Å². The number of amides is 1. The summed E-state index contributed by atoms with van der Waals surface area (Å²) in [6.07, 6.45) is -3.62. The van der Waals surface area contributed by atoms with Crippen molar-refractivity contribution < 1.29 is 18.0 Å². The number of nitrogens with one attached hydrogen (secondary N) is 1. The molecule has 1 amide bonds. The van der Waals surface area contributed by atoms with Crippen LogP contribution < -0.4 is 5.32 Å². The van der Waals surface area contributed by atoms with Crippen molar-refractivity contribution in [3.63, 3.8) is 0 Å². The summed E-state index contributed by atoms with van der Waals surface area (Å²) >= 11 is 0. The highest BCUT2D eigenvalue weighted by molar-refractivity contribution is 5.77. The van der Waals surface area contributed by atoms with Gasteiger partial charge in [0.25, 0.3) is 0 Å². The molecule has 0 aromatic rings. The lowest BCUT2D eigenvalue weighted by Gasteiger charge is -2.18. The molecule has 0 aliphatic carbocycles. The fraction of sp³-hybridized carbons (Fsp3) is 0.667. The van der Waals surface area contributed by atoms with E-state index in [1.54, 1.807) is 6.08 Å². The molecule has 88 valence electrons. The Kier molecular flexibility index (Phi) is 6.00. The number of rotatable bonds is 6. The van der Waals surface area contributed by atoms with Gasteiger partial charge in [0.1, 0.15) is 0 Å². The molecule has 6 heteroatoms. The van der Waals surface area contributed by atoms with Crippen LogP contribution in [0.25, 0.3) is 0 Å². The van der Waals surface area contributed by atoms with Gasteiger partial charge in [0.2, 0.25) is 5.91 Å². The third-order valence-electron chi connectivity index (χ3n) is 1.72. The summed E-state index contributed by atoms with van der Waals surface area (Å²) in [5.74, 6) is -0.360. The standard InChI is InChI=1S/C9H15F3N2O/c1-3-5-13-7-8(15)14(2)6-4-9(10,11)12/h3,13H,1,4-7H2,2H3. The average Bonchev–Trinajstić information content (AvgIpc) is 2.13. The molecular formula is C9H15F3N2O. The third-order valence-corrected chi connectivity index (χ3v) is 1.72. The van der Waals surface area contributed by atoms with Crippen LogP contribution in [0, 0.1) is 0 Å². The second-order valence-corrected chi connectivity index (χ2v) is 3.10. The van der Waals surface area contributed by atoms with Crippen molar-refractivity contribution in [3.05, 3.63) is 12.7 Å². The average molecular weight is 224 g/mol. The Hall–Kier alpha value is -1.04. The normalized spacial score (nSPS) is 11.2. The summed E-state index contributed by atoms with van der Waals surface area (Å²) in [5.41, 5.74) is 0. The lowest BCUT2D eigenvalue weighted by Crippen LogP contribution is -2.37. The van der Waals surface area contributed by atoms with Gasteiger partial charge in [-0.25, -0.2) is 0 Å². The van der Waals surface area contributed by atoms with Crippen LogP contribution in [0.1, 0.15) is 6.42 Å². The van der Waals surface area contributed by atoms with E-state index in [1.807, 2.05) is 0 Å². The molecule has 0 heterocycles. The Morgan fingerprint density at radius 3 is 2.60 bits per heavy atom. The zero-order valence-electron chi connectivity index (χ0n) is 8.60. The van der Waals surface area contributed by atoms with Gasteiger partial charge in [0.05, 0.1) is 13.0 Å². The first-order valence-corrected chi connectivity index (χ1v) is 4.49. The maximum Gasteiger partial charge on any atom is 0.390 e. The molecule has 0 fully saturated rings. The predicted molar refractivity (Wildman–Crippen MR) is 51.4 cm³/mol. The molecule has 0 rings (SSSR count). The second-order valence-electron chi connectivity index (χ2n) is 3.10. The number of hydrogen-bond acceptors (Lipinski definition) is 2. The number of halogens is 3. The molecule has 1 N–H and O–H groups in total. The minimum Gasteiger partial charge on any atom is -0.344 e. The SMILES string of the molecule is C=CCNCC(=O)N(C)CCC(F)(F)F. The Labute approximate surface area is 86.9 Å². The monoisotopic (exact) mass is 224 g/mol. The van der Waals surface area contributed by atoms with Gasteiger partial charge >= 0.3 is 6.18 Å². The van der Waals surface area contributed by atoms with Crippen LogP contribution in [-0.4, -0.2) is 43.7 Å². The number of alkyl halides is 3. The van der Waals surface area contributed by atoms with Crippen LogP contribution >= 0.6 is 0 Å². The first-order chi connectivity index (χ1) is 6.87. The smallest absolute Gasteiger partial charge is 0.344 e. The molecule has 15 heavy (non-hydrogen) atoms. The number of likely N-dealkylation sites (N-methyl/N-ethyl adjacent to an activating group) is 1. The van der Waals surface area contributed by atoms with Crippen LogP contribution in [0.15, 0.2) is 12.7 Å². The van der Waals surface area contributed by atoms with E-state index in [2.05, 4.69) is 11.9 Å². The molecule has 0 spiro atoms. The first-order valence-electron chi connectivity index (χ1n) is 4.49. The topological polar surface area (TPSA) is 32.3 Å². The Balaban J connectivity index is 3.74. The summed E-state index contributed by atoms with van der Waals surface area (Å²) < 4.78 is 35.5. The van der Waals surface area contributed by atoms with Crippen molar-refractivity contribution >= 4 is 5.91 Å². The lowest BCUT2D eigenvalue weighted by atomic mass is 10.3. The third kappa shape index (κ3) is 7.99. The van der Waals surface area contributed by atoms with E-state index >= 15 is 0 Å². The minimum atomic E-state index is -4.22. The van der Waals surface area contributed by atoms with Crippen LogP contribution in [0.5, 0.6) is 0 Å². The summed E-state index contributed by atoms with van der Waals surface area (Å²) in [6.45, 7) is 3.61. The maximum absolute atomic E-state index is 11.8. The van der Waals surface area contributed by atoms with E-state index in [1.165, 1.54) is 7.05 Å². The Morgan fingerprint density at radius 2 is 2.13 bits per heavy atom. The van der Waals surface area contributed by atoms with Crippen LogP contribution in [-0.2, 0) is 4.79 Å². The molecular weight excluding hydrogens is 209 g/mol. The molecule has 0 aliphatic heterocycles. The van der Waals surface area contributed by atoms with E-state index in [0.29, 0.717) is 6.54 Å². The molecule has 3 nitrogen and oxygen atoms in total. The van der Waals surface area contributed by atoms with Crippen molar-refractivity contribution in [2.75, 3.05) is 26.7 Å². The number of carbonyl (C=O) groups is 1. The van der Waals surface area contributed by atoms with Crippen molar-refractivity contribution in [2.45, 2.75) is 12.6 Å². The van der Waals surface area contributed by atoms with Gasteiger partial charge < -0.3 is 10.2 Å². The lowest BCUT2D eigenvalue weighted by molar-refractivity contribution is -0.143. The van der Waals surface area contributed by atoms with E-state index in [0.717, 1.165) is 4.90 Å². The van der Waals surface area contributed by atoms with E-state index < -0.39 is 12.6 Å². The molecule has 0 aliphatic rings. The Morgan fingerprint density at radius 1 is 1.53 bits per heavy atom. The van der Waals surface area contributed by atoms with Gasteiger partial charge in [-0.15, -0.1) is 6.58 Å². The molecule has 0 saturated heterocycles. The highest BCUT2D eigenvalue weighted by Gasteiger charge is 2.27. The van der Waals surface area contributed by atoms with Crippen molar-refractivity contribution in [1.29, 1.82) is 0 Å². The molecule has 0 atom stereocenters. The fourth-order valence-electron chi connectivity index (χ4n) is 0.835. The number of hydrogen-bond donors (Lipinski definition) is 1. The predicted octanol–water partition coefficient (Wildman–Crippen LogP) is 1.17. The molecule has 0 bridgehead atoms. The van der Waals surface area contributed by atoms with E-state index in [9.17, 15) is 18.0 Å². The molecule has 0 radical (unpaired) electrons. The first kappa shape index (κ1) is 14.0. The highest BCUT2D eigenvalue weighted by Crippen LogP contribution is 2.19. The Bertz CT molecular complexity index is 216. The van der Waals surface area contributed by atoms with Crippen LogP contribution in [0.2, 0.25) is 0 Å². The van der Waals surface area contributed by atoms with Gasteiger partial charge in [-0.2, -0.15) is 13.2 Å². The minimum absolute atomic E-state index is 0.0282. The fourth-order valence-corrected chi connectivity index (χ4v) is 0.835. The quantitative estimate of drug-likeness (QED) is 0.542. The summed E-state index contributed by atoms with van der Waals surface area (Å²) in [5, 5.41) is 2.72. The number of nitrogens with zero attached hydrogens (tertiary/aromatic N) is 1. The van der Waals surface area contributed by atoms with Gasteiger partial charge in [0.15, 0.2) is 0 Å². The van der Waals surface area contributed by atoms with Gasteiger partial charge in [0, 0.05) is 20.1 Å². The van der Waals surface area contributed by atoms with E-state index in [4.69, 9.17) is 0 Å². The van der Waals surface area contributed by atoms with Crippen LogP contribution in [0.4, 0.5) is 13.2 Å². The molecule has 0 aromatic heterocycles. The molecule has 0 saturated carbocycles. The zero-order valence-corrected chi connectivity index (χ0v) is 8.60. The summed E-state index contributed by atoms with van der Waals surface area (Å²) in [6, 6.07) is 0. The van der Waals surface area contributed by atoms with Gasteiger partial charge in [-0.3, -0.25) is 4.79 Å². The zero-order chi connectivity index (χ0) is 11.9. The summed E-state index contributed by atoms with van der Waals surface area (Å²) in [7, 11) is 1.35. The van der Waals surface area contributed by atoms with Gasteiger partial charge in [-0.05, 0) is 0 Å². The van der Waals surface area contributed by atoms with Crippen molar-refractivity contribution in [2.24, 2.45) is 0 Å². The van der Waals surface area contributed by atoms with E-state index in [-0.39, 0.29) is 19.0 Å². The molecule has 0 aromatic carbocycles. The second kappa shape index (κ2) is 6.44. The van der Waals surface area contributed by atoms with Crippen molar-refractivity contribution in [1.82, 2.24) is 10.2 Å². The maximum atomic E-state index is 11.8. The largest absolute Gasteiger partial charge is 0.390 e. The van der Waals surface area contributed by atoms with Crippen molar-refractivity contribution in [3.8, 4) is 0 Å². The van der Waals surface area contributed by atoms with Crippen LogP contribution in [0.3, 0.4) is 0 Å². The highest BCUT2D eigenvalue weighted by atomic mass is 19.4.